The van der Waals surface area contributed by atoms with Crippen molar-refractivity contribution in [1.29, 1.82) is 0 Å². The van der Waals surface area contributed by atoms with E-state index in [-0.39, 0.29) is 17.0 Å². The van der Waals surface area contributed by atoms with Gasteiger partial charge in [0.15, 0.2) is 0 Å². The van der Waals surface area contributed by atoms with E-state index in [0.717, 1.165) is 43.4 Å². The number of aromatic amines is 1. The molecule has 1 N–H and O–H groups in total. The Labute approximate surface area is 150 Å². The minimum absolute atomic E-state index is 0.0222. The van der Waals surface area contributed by atoms with Crippen LogP contribution in [0.5, 0.6) is 0 Å². The first-order valence-corrected chi connectivity index (χ1v) is 9.19. The van der Waals surface area contributed by atoms with Crippen LogP contribution >= 0.6 is 0 Å². The van der Waals surface area contributed by atoms with Crippen LogP contribution < -0.4 is 11.1 Å². The van der Waals surface area contributed by atoms with Gasteiger partial charge in [-0.25, -0.2) is 4.68 Å². The van der Waals surface area contributed by atoms with E-state index in [1.807, 2.05) is 0 Å². The number of H-pyrrole nitrogens is 1. The van der Waals surface area contributed by atoms with Crippen molar-refractivity contribution in [2.24, 2.45) is 5.92 Å². The molecule has 26 heavy (non-hydrogen) atoms. The summed E-state index contributed by atoms with van der Waals surface area (Å²) in [4.78, 5) is 40.5. The van der Waals surface area contributed by atoms with E-state index in [1.54, 1.807) is 27.8 Å². The summed E-state index contributed by atoms with van der Waals surface area (Å²) in [7, 11) is 0. The van der Waals surface area contributed by atoms with Crippen molar-refractivity contribution in [3.8, 4) is 0 Å². The van der Waals surface area contributed by atoms with Crippen molar-refractivity contribution in [2.45, 2.75) is 38.6 Å². The van der Waals surface area contributed by atoms with Gasteiger partial charge >= 0.3 is 0 Å². The number of piperidine rings is 1. The number of nitrogens with one attached hydrogen (secondary N) is 1. The largest absolute Gasteiger partial charge is 0.337 e. The molecule has 0 bridgehead atoms. The average molecular weight is 354 g/mol. The van der Waals surface area contributed by atoms with E-state index >= 15 is 0 Å². The lowest BCUT2D eigenvalue weighted by Gasteiger charge is -2.32. The maximum absolute atomic E-state index is 12.5. The van der Waals surface area contributed by atoms with E-state index in [2.05, 4.69) is 10.1 Å². The number of likely N-dealkylation sites (tertiary alicyclic amines) is 1. The summed E-state index contributed by atoms with van der Waals surface area (Å²) >= 11 is 0. The second-order valence-corrected chi connectivity index (χ2v) is 7.15. The Morgan fingerprint density at radius 3 is 2.77 bits per heavy atom. The molecular formula is C19H22N4O3. The molecule has 0 saturated carbocycles. The van der Waals surface area contributed by atoms with Gasteiger partial charge in [-0.1, -0.05) is 6.07 Å². The van der Waals surface area contributed by atoms with Gasteiger partial charge in [-0.3, -0.25) is 14.4 Å². The molecule has 0 spiro atoms. The van der Waals surface area contributed by atoms with Crippen LogP contribution in [0.15, 0.2) is 33.9 Å². The zero-order chi connectivity index (χ0) is 18.1. The second kappa shape index (κ2) is 6.90. The van der Waals surface area contributed by atoms with Crippen molar-refractivity contribution in [1.82, 2.24) is 19.7 Å². The maximum atomic E-state index is 12.5. The summed E-state index contributed by atoms with van der Waals surface area (Å²) in [5.74, 6) is 0.187. The highest BCUT2D eigenvalue weighted by Crippen LogP contribution is 2.21. The Bertz CT molecular complexity index is 938. The smallest absolute Gasteiger partial charge is 0.270 e. The molecule has 2 aromatic heterocycles. The highest BCUT2D eigenvalue weighted by atomic mass is 16.2. The molecule has 0 radical (unpaired) electrons. The van der Waals surface area contributed by atoms with Gasteiger partial charge < -0.3 is 9.88 Å². The predicted molar refractivity (Wildman–Crippen MR) is 96.2 cm³/mol. The van der Waals surface area contributed by atoms with Crippen molar-refractivity contribution in [3.63, 3.8) is 0 Å². The van der Waals surface area contributed by atoms with Gasteiger partial charge in [-0.15, -0.1) is 0 Å². The van der Waals surface area contributed by atoms with Crippen LogP contribution in [0.2, 0.25) is 0 Å². The summed E-state index contributed by atoms with van der Waals surface area (Å²) in [5, 5.41) is 4.54. The van der Waals surface area contributed by atoms with E-state index < -0.39 is 0 Å². The lowest BCUT2D eigenvalue weighted by molar-refractivity contribution is 0.0674. The SMILES string of the molecule is O=C(c1cccc(=O)[nH]1)N1CCC(Cn2nc3c(cc2=O)CCC3)CC1. The highest BCUT2D eigenvalue weighted by Gasteiger charge is 2.25. The topological polar surface area (TPSA) is 88.1 Å². The van der Waals surface area contributed by atoms with Gasteiger partial charge in [-0.2, -0.15) is 5.10 Å². The normalized spacial score (nSPS) is 17.3. The molecule has 136 valence electrons. The molecule has 3 heterocycles. The number of fused-ring (bicyclic) bond motifs is 1. The van der Waals surface area contributed by atoms with Crippen LogP contribution in [0.3, 0.4) is 0 Å². The summed E-state index contributed by atoms with van der Waals surface area (Å²) < 4.78 is 1.60. The molecule has 1 aliphatic heterocycles. The van der Waals surface area contributed by atoms with Gasteiger partial charge in [-0.05, 0) is 49.7 Å². The Morgan fingerprint density at radius 2 is 2.00 bits per heavy atom. The fourth-order valence-corrected chi connectivity index (χ4v) is 3.88. The lowest BCUT2D eigenvalue weighted by Crippen LogP contribution is -2.41. The Balaban J connectivity index is 1.39. The zero-order valence-electron chi connectivity index (χ0n) is 14.6. The number of amides is 1. The fourth-order valence-electron chi connectivity index (χ4n) is 3.88. The zero-order valence-corrected chi connectivity index (χ0v) is 14.6. The first kappa shape index (κ1) is 16.8. The maximum Gasteiger partial charge on any atom is 0.270 e. The number of nitrogens with zero attached hydrogens (tertiary/aromatic N) is 3. The Morgan fingerprint density at radius 1 is 1.19 bits per heavy atom. The van der Waals surface area contributed by atoms with E-state index in [4.69, 9.17) is 0 Å². The number of hydrogen-bond donors (Lipinski definition) is 1. The third-order valence-corrected chi connectivity index (χ3v) is 5.36. The molecule has 1 amide bonds. The van der Waals surface area contributed by atoms with Crippen molar-refractivity contribution < 1.29 is 4.79 Å². The molecule has 1 aliphatic carbocycles. The molecule has 7 heteroatoms. The molecule has 2 aromatic rings. The minimum atomic E-state index is -0.271. The number of hydrogen-bond acceptors (Lipinski definition) is 4. The van der Waals surface area contributed by atoms with Gasteiger partial charge in [0.05, 0.1) is 5.69 Å². The van der Waals surface area contributed by atoms with Crippen LogP contribution in [0.4, 0.5) is 0 Å². The Hall–Kier alpha value is -2.70. The summed E-state index contributed by atoms with van der Waals surface area (Å²) in [6, 6.07) is 6.35. The number of carbonyl (C=O) groups excluding carboxylic acids is 1. The summed E-state index contributed by atoms with van der Waals surface area (Å²) in [6.07, 6.45) is 4.65. The lowest BCUT2D eigenvalue weighted by atomic mass is 9.96. The molecule has 7 nitrogen and oxygen atoms in total. The van der Waals surface area contributed by atoms with Gasteiger partial charge in [0, 0.05) is 31.8 Å². The van der Waals surface area contributed by atoms with Crippen molar-refractivity contribution in [2.75, 3.05) is 13.1 Å². The van der Waals surface area contributed by atoms with Crippen molar-refractivity contribution >= 4 is 5.91 Å². The number of carbonyl (C=O) groups is 1. The quantitative estimate of drug-likeness (QED) is 0.890. The van der Waals surface area contributed by atoms with Gasteiger partial charge in [0.1, 0.15) is 5.69 Å². The van der Waals surface area contributed by atoms with Crippen molar-refractivity contribution in [3.05, 3.63) is 61.9 Å². The van der Waals surface area contributed by atoms with Crippen LogP contribution in [0, 0.1) is 5.92 Å². The predicted octanol–water partition coefficient (Wildman–Crippen LogP) is 0.973. The van der Waals surface area contributed by atoms with Crippen LogP contribution in [-0.2, 0) is 19.4 Å². The third-order valence-electron chi connectivity index (χ3n) is 5.36. The average Bonchev–Trinajstić information content (AvgIpc) is 3.09. The first-order valence-electron chi connectivity index (χ1n) is 9.19. The molecule has 4 rings (SSSR count). The summed E-state index contributed by atoms with van der Waals surface area (Å²) in [5.41, 5.74) is 2.19. The van der Waals surface area contributed by atoms with Gasteiger partial charge in [0.25, 0.3) is 11.5 Å². The van der Waals surface area contributed by atoms with E-state index in [1.165, 1.54) is 6.07 Å². The monoisotopic (exact) mass is 354 g/mol. The third kappa shape index (κ3) is 3.34. The minimum Gasteiger partial charge on any atom is -0.337 e. The van der Waals surface area contributed by atoms with Crippen LogP contribution in [0.25, 0.3) is 0 Å². The Kier molecular flexibility index (Phi) is 4.44. The highest BCUT2D eigenvalue weighted by molar-refractivity contribution is 5.92. The molecule has 1 saturated heterocycles. The number of pyridine rings is 1. The molecule has 2 aliphatic rings. The number of aryl methyl sites for hydroxylation is 2. The fraction of sp³-hybridized carbons (Fsp3) is 0.474. The second-order valence-electron chi connectivity index (χ2n) is 7.15. The van der Waals surface area contributed by atoms with E-state index in [0.29, 0.717) is 31.2 Å². The van der Waals surface area contributed by atoms with Crippen LogP contribution in [-0.4, -0.2) is 38.7 Å². The standard InChI is InChI=1S/C19H22N4O3/c24-17-6-2-5-16(20-17)19(26)22-9-7-13(8-10-22)12-23-18(25)11-14-3-1-4-15(14)21-23/h2,5-6,11,13H,1,3-4,7-10,12H2,(H,20,24). The van der Waals surface area contributed by atoms with Crippen LogP contribution in [0.1, 0.15) is 41.0 Å². The molecule has 0 unspecified atom stereocenters. The molecular weight excluding hydrogens is 332 g/mol. The number of rotatable bonds is 3. The first-order chi connectivity index (χ1) is 12.6. The van der Waals surface area contributed by atoms with E-state index in [9.17, 15) is 14.4 Å². The summed E-state index contributed by atoms with van der Waals surface area (Å²) in [6.45, 7) is 1.86. The number of aromatic nitrogens is 3. The van der Waals surface area contributed by atoms with Gasteiger partial charge in [0.2, 0.25) is 5.56 Å². The molecule has 1 fully saturated rings. The molecule has 0 aromatic carbocycles. The molecule has 0 atom stereocenters.